The standard InChI is InChI=1S/C18H20BrN3O3S/c1-3-4-17-21-16-11-14(19)12-20-18(16)22(17)9-10-25-26(23,24)15-7-5-13(2)6-8-15/h5-8,11-12H,3-4,9-10H2,1-2H3. The minimum Gasteiger partial charge on any atom is -0.310 e. The minimum absolute atomic E-state index is 0.0239. The first-order valence-corrected chi connectivity index (χ1v) is 10.6. The summed E-state index contributed by atoms with van der Waals surface area (Å²) in [7, 11) is -3.78. The van der Waals surface area contributed by atoms with Crippen molar-refractivity contribution in [2.24, 2.45) is 0 Å². The molecule has 2 heterocycles. The molecule has 2 aromatic heterocycles. The van der Waals surface area contributed by atoms with Crippen molar-refractivity contribution >= 4 is 37.2 Å². The van der Waals surface area contributed by atoms with E-state index in [0.29, 0.717) is 6.54 Å². The molecule has 0 spiro atoms. The van der Waals surface area contributed by atoms with Crippen molar-refractivity contribution in [1.29, 1.82) is 0 Å². The first-order chi connectivity index (χ1) is 12.4. The molecule has 0 aliphatic heterocycles. The molecule has 3 aromatic rings. The highest BCUT2D eigenvalue weighted by Crippen LogP contribution is 2.20. The smallest absolute Gasteiger partial charge is 0.297 e. The second-order valence-electron chi connectivity index (χ2n) is 6.02. The maximum atomic E-state index is 12.3. The van der Waals surface area contributed by atoms with Crippen molar-refractivity contribution < 1.29 is 12.6 Å². The lowest BCUT2D eigenvalue weighted by molar-refractivity contribution is 0.300. The van der Waals surface area contributed by atoms with E-state index in [4.69, 9.17) is 4.18 Å². The number of hydrogen-bond donors (Lipinski definition) is 0. The van der Waals surface area contributed by atoms with E-state index < -0.39 is 10.1 Å². The topological polar surface area (TPSA) is 74.1 Å². The average molecular weight is 438 g/mol. The molecule has 0 saturated heterocycles. The van der Waals surface area contributed by atoms with Gasteiger partial charge in [-0.1, -0.05) is 24.6 Å². The van der Waals surface area contributed by atoms with Crippen molar-refractivity contribution in [1.82, 2.24) is 14.5 Å². The molecular weight excluding hydrogens is 418 g/mol. The highest BCUT2D eigenvalue weighted by atomic mass is 79.9. The van der Waals surface area contributed by atoms with Crippen LogP contribution >= 0.6 is 15.9 Å². The van der Waals surface area contributed by atoms with E-state index in [1.54, 1.807) is 30.5 Å². The minimum atomic E-state index is -3.78. The summed E-state index contributed by atoms with van der Waals surface area (Å²) in [6.45, 7) is 4.37. The first kappa shape index (κ1) is 19.0. The van der Waals surface area contributed by atoms with Crippen LogP contribution in [-0.4, -0.2) is 29.6 Å². The van der Waals surface area contributed by atoms with Gasteiger partial charge in [0.15, 0.2) is 5.65 Å². The Morgan fingerprint density at radius 3 is 2.65 bits per heavy atom. The Balaban J connectivity index is 1.78. The Bertz CT molecular complexity index is 1010. The van der Waals surface area contributed by atoms with Gasteiger partial charge in [-0.2, -0.15) is 8.42 Å². The fourth-order valence-electron chi connectivity index (χ4n) is 2.69. The summed E-state index contributed by atoms with van der Waals surface area (Å²) < 4.78 is 32.6. The maximum absolute atomic E-state index is 12.3. The highest BCUT2D eigenvalue weighted by molar-refractivity contribution is 9.10. The van der Waals surface area contributed by atoms with Gasteiger partial charge in [0.1, 0.15) is 11.3 Å². The zero-order chi connectivity index (χ0) is 18.7. The van der Waals surface area contributed by atoms with Gasteiger partial charge < -0.3 is 4.57 Å². The van der Waals surface area contributed by atoms with E-state index in [2.05, 4.69) is 32.8 Å². The molecule has 0 bridgehead atoms. The lowest BCUT2D eigenvalue weighted by Gasteiger charge is -2.09. The summed E-state index contributed by atoms with van der Waals surface area (Å²) >= 11 is 3.40. The molecule has 0 unspecified atom stereocenters. The third-order valence-corrected chi connectivity index (χ3v) is 5.73. The summed E-state index contributed by atoms with van der Waals surface area (Å²) in [6, 6.07) is 8.52. The summed E-state index contributed by atoms with van der Waals surface area (Å²) in [5.74, 6) is 0.879. The lowest BCUT2D eigenvalue weighted by atomic mass is 10.2. The van der Waals surface area contributed by atoms with Gasteiger partial charge in [0.25, 0.3) is 10.1 Å². The molecule has 0 amide bonds. The van der Waals surface area contributed by atoms with Gasteiger partial charge in [-0.25, -0.2) is 9.97 Å². The molecule has 0 fully saturated rings. The van der Waals surface area contributed by atoms with Gasteiger partial charge in [-0.05, 0) is 47.5 Å². The van der Waals surface area contributed by atoms with Gasteiger partial charge in [-0.15, -0.1) is 0 Å². The molecule has 3 rings (SSSR count). The predicted octanol–water partition coefficient (Wildman–Crippen LogP) is 3.86. The fourth-order valence-corrected chi connectivity index (χ4v) is 3.91. The van der Waals surface area contributed by atoms with Crippen LogP contribution in [0.2, 0.25) is 0 Å². The van der Waals surface area contributed by atoms with Gasteiger partial charge in [-0.3, -0.25) is 4.18 Å². The van der Waals surface area contributed by atoms with E-state index >= 15 is 0 Å². The number of aromatic nitrogens is 3. The molecule has 8 heteroatoms. The molecular formula is C18H20BrN3O3S. The monoisotopic (exact) mass is 437 g/mol. The summed E-state index contributed by atoms with van der Waals surface area (Å²) in [5.41, 5.74) is 2.51. The number of hydrogen-bond acceptors (Lipinski definition) is 5. The molecule has 26 heavy (non-hydrogen) atoms. The number of nitrogens with zero attached hydrogens (tertiary/aromatic N) is 3. The quantitative estimate of drug-likeness (QED) is 0.524. The van der Waals surface area contributed by atoms with E-state index in [-0.39, 0.29) is 11.5 Å². The molecule has 6 nitrogen and oxygen atoms in total. The molecule has 0 radical (unpaired) electrons. The first-order valence-electron chi connectivity index (χ1n) is 8.37. The van der Waals surface area contributed by atoms with Crippen molar-refractivity contribution in [3.63, 3.8) is 0 Å². The van der Waals surface area contributed by atoms with Gasteiger partial charge in [0, 0.05) is 17.1 Å². The van der Waals surface area contributed by atoms with Crippen molar-refractivity contribution in [2.45, 2.75) is 38.1 Å². The highest BCUT2D eigenvalue weighted by Gasteiger charge is 2.16. The van der Waals surface area contributed by atoms with Crippen LogP contribution in [-0.2, 0) is 27.3 Å². The average Bonchev–Trinajstić information content (AvgIpc) is 2.92. The van der Waals surface area contributed by atoms with Crippen molar-refractivity contribution in [2.75, 3.05) is 6.61 Å². The van der Waals surface area contributed by atoms with E-state index in [1.807, 2.05) is 17.6 Å². The van der Waals surface area contributed by atoms with Crippen LogP contribution in [0.3, 0.4) is 0 Å². The van der Waals surface area contributed by atoms with Crippen LogP contribution in [0.15, 0.2) is 45.9 Å². The Morgan fingerprint density at radius 1 is 1.23 bits per heavy atom. The third-order valence-electron chi connectivity index (χ3n) is 3.97. The second-order valence-corrected chi connectivity index (χ2v) is 8.55. The van der Waals surface area contributed by atoms with Crippen LogP contribution in [0, 0.1) is 6.92 Å². The number of rotatable bonds is 7. The number of aryl methyl sites for hydroxylation is 2. The number of imidazole rings is 1. The largest absolute Gasteiger partial charge is 0.310 e. The Hall–Kier alpha value is -1.77. The molecule has 0 N–H and O–H groups in total. The van der Waals surface area contributed by atoms with Crippen LogP contribution in [0.5, 0.6) is 0 Å². The second kappa shape index (κ2) is 7.85. The van der Waals surface area contributed by atoms with Gasteiger partial charge in [0.05, 0.1) is 18.0 Å². The number of benzene rings is 1. The lowest BCUT2D eigenvalue weighted by Crippen LogP contribution is -2.14. The van der Waals surface area contributed by atoms with Crippen LogP contribution < -0.4 is 0 Å². The number of pyridine rings is 1. The SMILES string of the molecule is CCCc1nc2cc(Br)cnc2n1CCOS(=O)(=O)c1ccc(C)cc1. The molecule has 0 aliphatic carbocycles. The molecule has 138 valence electrons. The van der Waals surface area contributed by atoms with Crippen LogP contribution in [0.4, 0.5) is 0 Å². The number of halogens is 1. The third kappa shape index (κ3) is 4.13. The van der Waals surface area contributed by atoms with E-state index in [9.17, 15) is 8.42 Å². The van der Waals surface area contributed by atoms with Crippen molar-refractivity contribution in [3.8, 4) is 0 Å². The normalized spacial score (nSPS) is 12.0. The Kier molecular flexibility index (Phi) is 5.74. The molecule has 1 aromatic carbocycles. The zero-order valence-corrected chi connectivity index (χ0v) is 17.0. The zero-order valence-electron chi connectivity index (χ0n) is 14.6. The maximum Gasteiger partial charge on any atom is 0.297 e. The fraction of sp³-hybridized carbons (Fsp3) is 0.333. The summed E-state index contributed by atoms with van der Waals surface area (Å²) in [4.78, 5) is 9.19. The van der Waals surface area contributed by atoms with Crippen LogP contribution in [0.1, 0.15) is 24.7 Å². The van der Waals surface area contributed by atoms with E-state index in [1.165, 1.54) is 0 Å². The van der Waals surface area contributed by atoms with E-state index in [0.717, 1.165) is 39.9 Å². The van der Waals surface area contributed by atoms with Gasteiger partial charge >= 0.3 is 0 Å². The molecule has 0 atom stereocenters. The molecule has 0 aliphatic rings. The van der Waals surface area contributed by atoms with Crippen molar-refractivity contribution in [3.05, 3.63) is 52.4 Å². The summed E-state index contributed by atoms with van der Waals surface area (Å²) in [5, 5.41) is 0. The van der Waals surface area contributed by atoms with Crippen LogP contribution in [0.25, 0.3) is 11.2 Å². The Morgan fingerprint density at radius 2 is 1.96 bits per heavy atom. The Labute approximate surface area is 161 Å². The predicted molar refractivity (Wildman–Crippen MR) is 104 cm³/mol. The van der Waals surface area contributed by atoms with Gasteiger partial charge in [0.2, 0.25) is 0 Å². The molecule has 0 saturated carbocycles. The number of fused-ring (bicyclic) bond motifs is 1. The summed E-state index contributed by atoms with van der Waals surface area (Å²) in [6.07, 6.45) is 3.44.